The van der Waals surface area contributed by atoms with Crippen molar-refractivity contribution in [2.75, 3.05) is 0 Å². The van der Waals surface area contributed by atoms with Crippen LogP contribution in [0.25, 0.3) is 0 Å². The Morgan fingerprint density at radius 2 is 0.786 bits per heavy atom. The van der Waals surface area contributed by atoms with Crippen LogP contribution in [0.5, 0.6) is 0 Å². The molecule has 0 radical (unpaired) electrons. The maximum absolute atomic E-state index is 8.93. The molecule has 1 aromatic carbocycles. The normalized spacial score (nSPS) is 6.57. The Labute approximate surface area is 81.4 Å². The standard InChI is InChI=1S/C6H6.C2H2O4.2H3N/c1-2-4-6-5-3-1;3-1(4)2(5)6;;/h1-6H;(H,3,4)(H,5,6);2*1H3. The van der Waals surface area contributed by atoms with Crippen LogP contribution in [0.2, 0.25) is 0 Å². The fourth-order valence-electron chi connectivity index (χ4n) is 0.385. The predicted octanol–water partition coefficient (Wildman–Crippen LogP) is -1.07. The van der Waals surface area contributed by atoms with Gasteiger partial charge in [0.2, 0.25) is 0 Å². The van der Waals surface area contributed by atoms with Crippen LogP contribution in [0, 0.1) is 0 Å². The van der Waals surface area contributed by atoms with Gasteiger partial charge >= 0.3 is 0 Å². The lowest BCUT2D eigenvalue weighted by molar-refractivity contribution is -0.345. The van der Waals surface area contributed by atoms with Crippen LogP contribution in [-0.2, 0) is 9.59 Å². The van der Waals surface area contributed by atoms with Crippen LogP contribution < -0.4 is 22.5 Å². The molecule has 0 aliphatic rings. The van der Waals surface area contributed by atoms with Crippen molar-refractivity contribution in [3.63, 3.8) is 0 Å². The maximum Gasteiger partial charge on any atom is 0.0870 e. The summed E-state index contributed by atoms with van der Waals surface area (Å²) in [5, 5.41) is 17.9. The molecule has 0 heterocycles. The fourth-order valence-corrected chi connectivity index (χ4v) is 0.385. The zero-order valence-electron chi connectivity index (χ0n) is 8.10. The van der Waals surface area contributed by atoms with Gasteiger partial charge in [0.15, 0.2) is 0 Å². The van der Waals surface area contributed by atoms with E-state index in [4.69, 9.17) is 19.8 Å². The van der Waals surface area contributed by atoms with E-state index < -0.39 is 11.9 Å². The number of hydrogen-bond donors (Lipinski definition) is 2. The average molecular weight is 202 g/mol. The summed E-state index contributed by atoms with van der Waals surface area (Å²) < 4.78 is 0. The molecule has 0 atom stereocenters. The van der Waals surface area contributed by atoms with Gasteiger partial charge in [0.05, 0.1) is 11.9 Å². The summed E-state index contributed by atoms with van der Waals surface area (Å²) in [6, 6.07) is 12.0. The van der Waals surface area contributed by atoms with Crippen LogP contribution in [0.1, 0.15) is 0 Å². The van der Waals surface area contributed by atoms with Gasteiger partial charge in [-0.2, -0.15) is 0 Å². The van der Waals surface area contributed by atoms with Gasteiger partial charge in [0, 0.05) is 0 Å². The van der Waals surface area contributed by atoms with Crippen LogP contribution in [0.15, 0.2) is 36.4 Å². The van der Waals surface area contributed by atoms with Gasteiger partial charge in [0.1, 0.15) is 0 Å². The summed E-state index contributed by atoms with van der Waals surface area (Å²) in [5.41, 5.74) is 0. The van der Waals surface area contributed by atoms with Gasteiger partial charge in [-0.1, -0.05) is 36.4 Å². The van der Waals surface area contributed by atoms with Crippen LogP contribution >= 0.6 is 0 Å². The molecule has 0 bridgehead atoms. The molecule has 1 aromatic rings. The zero-order chi connectivity index (χ0) is 9.40. The highest BCUT2D eigenvalue weighted by atomic mass is 16.4. The lowest BCUT2D eigenvalue weighted by atomic mass is 10.4. The maximum atomic E-state index is 8.93. The Bertz CT molecular complexity index is 212. The molecule has 0 aliphatic carbocycles. The molecular weight excluding hydrogens is 188 g/mol. The Hall–Kier alpha value is -1.92. The largest absolute Gasteiger partial charge is 0.543 e. The van der Waals surface area contributed by atoms with Gasteiger partial charge in [-0.05, 0) is 0 Å². The lowest BCUT2D eigenvalue weighted by Gasteiger charge is -1.97. The van der Waals surface area contributed by atoms with Crippen molar-refractivity contribution in [1.29, 1.82) is 0 Å². The van der Waals surface area contributed by atoms with E-state index in [1.54, 1.807) is 0 Å². The van der Waals surface area contributed by atoms with Crippen molar-refractivity contribution in [2.24, 2.45) is 0 Å². The topological polar surface area (TPSA) is 153 Å². The van der Waals surface area contributed by atoms with E-state index in [9.17, 15) is 0 Å². The number of rotatable bonds is 0. The summed E-state index contributed by atoms with van der Waals surface area (Å²) in [6.07, 6.45) is 0. The number of carbonyl (C=O) groups is 2. The second kappa shape index (κ2) is 11.1. The first kappa shape index (κ1) is 18.0. The van der Waals surface area contributed by atoms with Gasteiger partial charge in [-0.3, -0.25) is 0 Å². The van der Waals surface area contributed by atoms with E-state index in [0.717, 1.165) is 0 Å². The van der Waals surface area contributed by atoms with E-state index >= 15 is 0 Å². The highest BCUT2D eigenvalue weighted by Gasteiger charge is 1.74. The Kier molecular flexibility index (Phi) is 14.2. The van der Waals surface area contributed by atoms with Crippen LogP contribution in [-0.4, -0.2) is 11.9 Å². The smallest absolute Gasteiger partial charge is 0.0870 e. The highest BCUT2D eigenvalue weighted by Crippen LogP contribution is 1.79. The molecule has 0 unspecified atom stereocenters. The minimum absolute atomic E-state index is 0. The van der Waals surface area contributed by atoms with Gasteiger partial charge in [0.25, 0.3) is 0 Å². The molecule has 80 valence electrons. The summed E-state index contributed by atoms with van der Waals surface area (Å²) in [7, 11) is 0. The fraction of sp³-hybridized carbons (Fsp3) is 0. The Morgan fingerprint density at radius 3 is 0.857 bits per heavy atom. The first-order valence-electron chi connectivity index (χ1n) is 3.07. The first-order valence-corrected chi connectivity index (χ1v) is 3.07. The predicted molar refractivity (Wildman–Crippen MR) is 48.4 cm³/mol. The second-order valence-electron chi connectivity index (χ2n) is 1.73. The van der Waals surface area contributed by atoms with Crippen molar-refractivity contribution in [3.8, 4) is 0 Å². The van der Waals surface area contributed by atoms with Crippen molar-refractivity contribution in [2.45, 2.75) is 0 Å². The third-order valence-electron chi connectivity index (χ3n) is 0.833. The second-order valence-corrected chi connectivity index (χ2v) is 1.73. The van der Waals surface area contributed by atoms with Crippen molar-refractivity contribution in [3.05, 3.63) is 36.4 Å². The third kappa shape index (κ3) is 12.7. The molecule has 0 aliphatic heterocycles. The highest BCUT2D eigenvalue weighted by molar-refractivity contribution is 6.25. The van der Waals surface area contributed by atoms with Crippen molar-refractivity contribution in [1.82, 2.24) is 12.3 Å². The molecule has 1 rings (SSSR count). The molecular formula is C8H14N2O4. The van der Waals surface area contributed by atoms with Gasteiger partial charge in [-0.15, -0.1) is 0 Å². The van der Waals surface area contributed by atoms with Crippen LogP contribution in [0.4, 0.5) is 0 Å². The third-order valence-corrected chi connectivity index (χ3v) is 0.833. The SMILES string of the molecule is O=C([O-])C(=O)[O-].[NH4+].[NH4+].c1ccccc1. The molecule has 0 aromatic heterocycles. The number of quaternary nitrogens is 2. The summed E-state index contributed by atoms with van der Waals surface area (Å²) in [4.78, 5) is 17.9. The Balaban J connectivity index is -0.000000151. The Morgan fingerprint density at radius 1 is 0.643 bits per heavy atom. The number of carboxylic acids is 2. The van der Waals surface area contributed by atoms with E-state index in [1.807, 2.05) is 36.4 Å². The molecule has 6 heteroatoms. The molecule has 0 amide bonds. The monoisotopic (exact) mass is 202 g/mol. The molecule has 0 fully saturated rings. The summed E-state index contributed by atoms with van der Waals surface area (Å²) in [6.45, 7) is 0. The number of hydrogen-bond acceptors (Lipinski definition) is 4. The summed E-state index contributed by atoms with van der Waals surface area (Å²) >= 11 is 0. The van der Waals surface area contributed by atoms with Crippen molar-refractivity contribution >= 4 is 11.9 Å². The number of carbonyl (C=O) groups excluding carboxylic acids is 2. The minimum Gasteiger partial charge on any atom is -0.543 e. The molecule has 0 saturated carbocycles. The lowest BCUT2D eigenvalue weighted by Crippen LogP contribution is -2.42. The summed E-state index contributed by atoms with van der Waals surface area (Å²) in [5.74, 6) is -4.37. The van der Waals surface area contributed by atoms with Crippen molar-refractivity contribution < 1.29 is 19.8 Å². The zero-order valence-corrected chi connectivity index (χ0v) is 8.10. The van der Waals surface area contributed by atoms with E-state index in [1.165, 1.54) is 0 Å². The number of aliphatic carboxylic acids is 2. The minimum atomic E-state index is -2.19. The van der Waals surface area contributed by atoms with E-state index in [2.05, 4.69) is 0 Å². The van der Waals surface area contributed by atoms with Gasteiger partial charge in [-0.25, -0.2) is 0 Å². The molecule has 0 saturated heterocycles. The quantitative estimate of drug-likeness (QED) is 0.513. The molecule has 8 N–H and O–H groups in total. The number of benzene rings is 1. The van der Waals surface area contributed by atoms with E-state index in [-0.39, 0.29) is 12.3 Å². The van der Waals surface area contributed by atoms with Crippen LogP contribution in [0.3, 0.4) is 0 Å². The van der Waals surface area contributed by atoms with Gasteiger partial charge < -0.3 is 32.1 Å². The first-order chi connectivity index (χ1) is 5.64. The molecule has 0 spiro atoms. The molecule has 6 nitrogen and oxygen atoms in total. The van der Waals surface area contributed by atoms with E-state index in [0.29, 0.717) is 0 Å². The average Bonchev–Trinajstić information content (AvgIpc) is 2.08. The number of carboxylic acid groups (broad SMARTS) is 2. The molecule has 14 heavy (non-hydrogen) atoms.